The summed E-state index contributed by atoms with van der Waals surface area (Å²) in [7, 11) is 0. The van der Waals surface area contributed by atoms with Crippen LogP contribution in [0.15, 0.2) is 22.6 Å². The maximum absolute atomic E-state index is 5.80. The van der Waals surface area contributed by atoms with Gasteiger partial charge in [-0.15, -0.1) is 0 Å². The predicted octanol–water partition coefficient (Wildman–Crippen LogP) is 2.39. The molecule has 100 valence electrons. The smallest absolute Gasteiger partial charge is 0.295 e. The Labute approximate surface area is 111 Å². The van der Waals surface area contributed by atoms with E-state index in [1.54, 1.807) is 6.07 Å². The highest BCUT2D eigenvalue weighted by Crippen LogP contribution is 2.39. The van der Waals surface area contributed by atoms with Crippen LogP contribution >= 0.6 is 0 Å². The number of ether oxygens (including phenoxy) is 1. The summed E-state index contributed by atoms with van der Waals surface area (Å²) in [6.45, 7) is 0.825. The van der Waals surface area contributed by atoms with Gasteiger partial charge in [0.25, 0.3) is 6.01 Å². The van der Waals surface area contributed by atoms with Crippen LogP contribution in [0.5, 0.6) is 0 Å². The van der Waals surface area contributed by atoms with Crippen LogP contribution in [0, 0.1) is 5.92 Å². The molecular formula is C14H17N3O2. The number of fused-ring (bicyclic) bond motifs is 1. The van der Waals surface area contributed by atoms with Crippen molar-refractivity contribution in [2.24, 2.45) is 5.92 Å². The fourth-order valence-corrected chi connectivity index (χ4v) is 2.82. The van der Waals surface area contributed by atoms with Gasteiger partial charge in [0.1, 0.15) is 5.52 Å². The molecule has 5 heteroatoms. The minimum absolute atomic E-state index is 0.318. The van der Waals surface area contributed by atoms with E-state index in [1.165, 1.54) is 12.8 Å². The molecule has 4 rings (SSSR count). The highest BCUT2D eigenvalue weighted by Gasteiger charge is 2.41. The van der Waals surface area contributed by atoms with Crippen LogP contribution in [0.4, 0.5) is 11.7 Å². The van der Waals surface area contributed by atoms with Crippen molar-refractivity contribution in [3.8, 4) is 0 Å². The lowest BCUT2D eigenvalue weighted by atomic mass is 10.1. The lowest BCUT2D eigenvalue weighted by molar-refractivity contribution is 0.0895. The SMILES string of the molecule is Nc1ccc2nc(NC3CCOC3C3CC3)oc2c1. The fraction of sp³-hybridized carbons (Fsp3) is 0.500. The Hall–Kier alpha value is -1.75. The first-order valence-corrected chi connectivity index (χ1v) is 6.84. The van der Waals surface area contributed by atoms with E-state index in [2.05, 4.69) is 10.3 Å². The summed E-state index contributed by atoms with van der Waals surface area (Å²) < 4.78 is 11.5. The van der Waals surface area contributed by atoms with Gasteiger partial charge in [-0.2, -0.15) is 4.98 Å². The number of nitrogen functional groups attached to an aromatic ring is 1. The van der Waals surface area contributed by atoms with Crippen molar-refractivity contribution in [3.63, 3.8) is 0 Å². The van der Waals surface area contributed by atoms with E-state index in [1.807, 2.05) is 12.1 Å². The topological polar surface area (TPSA) is 73.3 Å². The number of hydrogen-bond donors (Lipinski definition) is 2. The summed E-state index contributed by atoms with van der Waals surface area (Å²) in [4.78, 5) is 4.44. The maximum Gasteiger partial charge on any atom is 0.295 e. The van der Waals surface area contributed by atoms with E-state index < -0.39 is 0 Å². The zero-order valence-electron chi connectivity index (χ0n) is 10.6. The Morgan fingerprint density at radius 3 is 3.00 bits per heavy atom. The molecular weight excluding hydrogens is 242 g/mol. The van der Waals surface area contributed by atoms with Crippen molar-refractivity contribution in [1.82, 2.24) is 4.98 Å². The zero-order valence-corrected chi connectivity index (χ0v) is 10.6. The second-order valence-corrected chi connectivity index (χ2v) is 5.46. The largest absolute Gasteiger partial charge is 0.423 e. The van der Waals surface area contributed by atoms with E-state index in [0.29, 0.717) is 23.8 Å². The molecule has 1 aliphatic heterocycles. The predicted molar refractivity (Wildman–Crippen MR) is 72.9 cm³/mol. The van der Waals surface area contributed by atoms with Gasteiger partial charge in [0.2, 0.25) is 0 Å². The van der Waals surface area contributed by atoms with Crippen LogP contribution in [-0.4, -0.2) is 23.7 Å². The number of benzene rings is 1. The second kappa shape index (κ2) is 4.13. The van der Waals surface area contributed by atoms with Crippen LogP contribution in [-0.2, 0) is 4.74 Å². The van der Waals surface area contributed by atoms with E-state index in [0.717, 1.165) is 30.0 Å². The Kier molecular flexibility index (Phi) is 2.41. The molecule has 1 aromatic heterocycles. The van der Waals surface area contributed by atoms with Gasteiger partial charge in [-0.3, -0.25) is 0 Å². The summed E-state index contributed by atoms with van der Waals surface area (Å²) in [6.07, 6.45) is 3.90. The highest BCUT2D eigenvalue weighted by molar-refractivity contribution is 5.78. The number of rotatable bonds is 3. The molecule has 1 saturated carbocycles. The lowest BCUT2D eigenvalue weighted by Crippen LogP contribution is -2.31. The molecule has 2 unspecified atom stereocenters. The Balaban J connectivity index is 1.57. The minimum atomic E-state index is 0.318. The number of anilines is 2. The van der Waals surface area contributed by atoms with Crippen LogP contribution in [0.25, 0.3) is 11.1 Å². The van der Waals surface area contributed by atoms with Crippen molar-refractivity contribution >= 4 is 22.8 Å². The van der Waals surface area contributed by atoms with Crippen molar-refractivity contribution in [1.29, 1.82) is 0 Å². The number of nitrogens with zero attached hydrogens (tertiary/aromatic N) is 1. The minimum Gasteiger partial charge on any atom is -0.423 e. The molecule has 1 aromatic carbocycles. The third kappa shape index (κ3) is 2.04. The molecule has 3 N–H and O–H groups in total. The fourth-order valence-electron chi connectivity index (χ4n) is 2.82. The quantitative estimate of drug-likeness (QED) is 0.828. The molecule has 1 saturated heterocycles. The van der Waals surface area contributed by atoms with Gasteiger partial charge in [-0.05, 0) is 37.3 Å². The van der Waals surface area contributed by atoms with Crippen molar-refractivity contribution < 1.29 is 9.15 Å². The average molecular weight is 259 g/mol. The van der Waals surface area contributed by atoms with Crippen LogP contribution < -0.4 is 11.1 Å². The average Bonchev–Trinajstić information content (AvgIpc) is 3.00. The summed E-state index contributed by atoms with van der Waals surface area (Å²) in [5.74, 6) is 0.722. The first-order valence-electron chi connectivity index (χ1n) is 6.84. The number of oxazole rings is 1. The Morgan fingerprint density at radius 1 is 1.26 bits per heavy atom. The molecule has 0 radical (unpaired) electrons. The third-order valence-electron chi connectivity index (χ3n) is 3.94. The van der Waals surface area contributed by atoms with E-state index in [4.69, 9.17) is 14.9 Å². The molecule has 0 bridgehead atoms. The third-order valence-corrected chi connectivity index (χ3v) is 3.94. The van der Waals surface area contributed by atoms with Gasteiger partial charge < -0.3 is 20.2 Å². The molecule has 0 amide bonds. The first-order chi connectivity index (χ1) is 9.29. The molecule has 2 aliphatic rings. The van der Waals surface area contributed by atoms with Gasteiger partial charge in [-0.25, -0.2) is 0 Å². The van der Waals surface area contributed by atoms with Crippen molar-refractivity contribution in [2.75, 3.05) is 17.7 Å². The molecule has 2 aromatic rings. The van der Waals surface area contributed by atoms with E-state index in [-0.39, 0.29) is 0 Å². The van der Waals surface area contributed by atoms with Crippen LogP contribution in [0.2, 0.25) is 0 Å². The van der Waals surface area contributed by atoms with Gasteiger partial charge >= 0.3 is 0 Å². The lowest BCUT2D eigenvalue weighted by Gasteiger charge is -2.17. The van der Waals surface area contributed by atoms with Crippen LogP contribution in [0.3, 0.4) is 0 Å². The first kappa shape index (κ1) is 11.1. The van der Waals surface area contributed by atoms with Crippen molar-refractivity contribution in [2.45, 2.75) is 31.4 Å². The monoisotopic (exact) mass is 259 g/mol. The van der Waals surface area contributed by atoms with E-state index >= 15 is 0 Å². The summed E-state index contributed by atoms with van der Waals surface area (Å²) >= 11 is 0. The van der Waals surface area contributed by atoms with Gasteiger partial charge in [-0.1, -0.05) is 0 Å². The Morgan fingerprint density at radius 2 is 2.16 bits per heavy atom. The normalized spacial score (nSPS) is 26.9. The summed E-state index contributed by atoms with van der Waals surface area (Å²) in [5.41, 5.74) is 7.99. The molecule has 2 heterocycles. The summed E-state index contributed by atoms with van der Waals surface area (Å²) in [5, 5.41) is 3.38. The molecule has 2 fully saturated rings. The standard InChI is InChI=1S/C14H17N3O2/c15-9-3-4-10-12(7-9)19-14(16-10)17-11-5-6-18-13(11)8-1-2-8/h3-4,7-8,11,13H,1-2,5-6,15H2,(H,16,17). The summed E-state index contributed by atoms with van der Waals surface area (Å²) in [6, 6.07) is 6.40. The second-order valence-electron chi connectivity index (χ2n) is 5.46. The number of aromatic nitrogens is 1. The van der Waals surface area contributed by atoms with Gasteiger partial charge in [0, 0.05) is 18.4 Å². The molecule has 19 heavy (non-hydrogen) atoms. The Bertz CT molecular complexity index is 606. The van der Waals surface area contributed by atoms with Crippen LogP contribution in [0.1, 0.15) is 19.3 Å². The highest BCUT2D eigenvalue weighted by atomic mass is 16.5. The number of hydrogen-bond acceptors (Lipinski definition) is 5. The number of nitrogens with two attached hydrogens (primary N) is 1. The molecule has 1 aliphatic carbocycles. The maximum atomic E-state index is 5.80. The van der Waals surface area contributed by atoms with E-state index in [9.17, 15) is 0 Å². The molecule has 0 spiro atoms. The van der Waals surface area contributed by atoms with Crippen molar-refractivity contribution in [3.05, 3.63) is 18.2 Å². The van der Waals surface area contributed by atoms with Gasteiger partial charge in [0.05, 0.1) is 12.1 Å². The molecule has 2 atom stereocenters. The zero-order chi connectivity index (χ0) is 12.8. The molecule has 5 nitrogen and oxygen atoms in total. The number of nitrogens with one attached hydrogen (secondary N) is 1. The van der Waals surface area contributed by atoms with Gasteiger partial charge in [0.15, 0.2) is 5.58 Å².